The molecule has 2 heteroatoms. The molecule has 1 amide bonds. The lowest BCUT2D eigenvalue weighted by atomic mass is 9.68. The highest BCUT2D eigenvalue weighted by atomic mass is 16.2. The van der Waals surface area contributed by atoms with Gasteiger partial charge in [0.25, 0.3) is 0 Å². The molecule has 0 radical (unpaired) electrons. The summed E-state index contributed by atoms with van der Waals surface area (Å²) < 4.78 is 0. The Hall–Kier alpha value is -0.790. The second-order valence-electron chi connectivity index (χ2n) is 3.93. The van der Waals surface area contributed by atoms with Gasteiger partial charge in [-0.25, -0.2) is 0 Å². The van der Waals surface area contributed by atoms with Crippen molar-refractivity contribution >= 4 is 5.91 Å². The average molecular weight is 151 g/mol. The topological polar surface area (TPSA) is 29.1 Å². The van der Waals surface area contributed by atoms with E-state index in [0.29, 0.717) is 5.92 Å². The summed E-state index contributed by atoms with van der Waals surface area (Å²) in [5.74, 6) is 0.825. The second kappa shape index (κ2) is 1.68. The molecule has 0 aromatic carbocycles. The fourth-order valence-corrected chi connectivity index (χ4v) is 2.59. The van der Waals surface area contributed by atoms with Crippen molar-refractivity contribution in [1.82, 2.24) is 5.32 Å². The molecular weight excluding hydrogens is 138 g/mol. The molecule has 1 saturated heterocycles. The van der Waals surface area contributed by atoms with Crippen molar-refractivity contribution < 1.29 is 4.79 Å². The Morgan fingerprint density at radius 3 is 2.64 bits per heavy atom. The van der Waals surface area contributed by atoms with Crippen LogP contribution in [0.1, 0.15) is 20.8 Å². The Labute approximate surface area is 66.7 Å². The van der Waals surface area contributed by atoms with Gasteiger partial charge in [0, 0.05) is 11.8 Å². The predicted molar refractivity (Wildman–Crippen MR) is 43.0 cm³/mol. The lowest BCUT2D eigenvalue weighted by Gasteiger charge is -2.39. The third-order valence-electron chi connectivity index (χ3n) is 2.97. The number of amides is 1. The minimum absolute atomic E-state index is 0.0133. The van der Waals surface area contributed by atoms with Gasteiger partial charge in [-0.2, -0.15) is 0 Å². The smallest absolute Gasteiger partial charge is 0.224 e. The standard InChI is InChI=1S/C9H13NO/c1-5-4-9(3)7(5)6(2)8(11)10-9/h4,6-7H,1-3H3,(H,10,11)/t6-,7+,9-/m0/s1. The van der Waals surface area contributed by atoms with Crippen molar-refractivity contribution in [2.24, 2.45) is 11.8 Å². The van der Waals surface area contributed by atoms with Gasteiger partial charge < -0.3 is 5.32 Å². The highest BCUT2D eigenvalue weighted by Gasteiger charge is 2.52. The Balaban J connectivity index is 2.36. The first-order chi connectivity index (χ1) is 5.04. The molecule has 0 spiro atoms. The van der Waals surface area contributed by atoms with Crippen molar-refractivity contribution in [2.75, 3.05) is 0 Å². The summed E-state index contributed by atoms with van der Waals surface area (Å²) in [7, 11) is 0. The molecule has 11 heavy (non-hydrogen) atoms. The Bertz CT molecular complexity index is 256. The third kappa shape index (κ3) is 0.647. The van der Waals surface area contributed by atoms with Crippen molar-refractivity contribution in [3.63, 3.8) is 0 Å². The first-order valence-electron chi connectivity index (χ1n) is 4.06. The van der Waals surface area contributed by atoms with Gasteiger partial charge in [0.2, 0.25) is 5.91 Å². The molecule has 0 aromatic rings. The maximum absolute atomic E-state index is 11.2. The average Bonchev–Trinajstić information content (AvgIpc) is 2.00. The lowest BCUT2D eigenvalue weighted by Crippen LogP contribution is -2.47. The zero-order valence-electron chi connectivity index (χ0n) is 7.14. The minimum atomic E-state index is -0.0133. The summed E-state index contributed by atoms with van der Waals surface area (Å²) >= 11 is 0. The number of fused-ring (bicyclic) bond motifs is 1. The first-order valence-corrected chi connectivity index (χ1v) is 4.06. The predicted octanol–water partition coefficient (Wildman–Crippen LogP) is 1.09. The van der Waals surface area contributed by atoms with Crippen molar-refractivity contribution in [3.8, 4) is 0 Å². The van der Waals surface area contributed by atoms with E-state index in [1.54, 1.807) is 0 Å². The number of nitrogens with one attached hydrogen (secondary N) is 1. The normalized spacial score (nSPS) is 47.5. The summed E-state index contributed by atoms with van der Waals surface area (Å²) in [6.07, 6.45) is 2.15. The SMILES string of the molecule is CC1=C[C@]2(C)NC(=O)[C@@H](C)[C@@H]12. The van der Waals surface area contributed by atoms with Crippen LogP contribution in [0.5, 0.6) is 0 Å². The fraction of sp³-hybridized carbons (Fsp3) is 0.667. The van der Waals surface area contributed by atoms with Gasteiger partial charge in [0.1, 0.15) is 0 Å². The summed E-state index contributed by atoms with van der Waals surface area (Å²) in [6.45, 7) is 6.19. The number of hydrogen-bond donors (Lipinski definition) is 1. The fourth-order valence-electron chi connectivity index (χ4n) is 2.59. The molecule has 2 rings (SSSR count). The summed E-state index contributed by atoms with van der Waals surface area (Å²) in [5, 5.41) is 2.99. The molecule has 1 fully saturated rings. The van der Waals surface area contributed by atoms with E-state index in [9.17, 15) is 4.79 Å². The van der Waals surface area contributed by atoms with Crippen LogP contribution in [0.3, 0.4) is 0 Å². The summed E-state index contributed by atoms with van der Waals surface area (Å²) in [5.41, 5.74) is 1.35. The molecule has 0 bridgehead atoms. The van der Waals surface area contributed by atoms with Gasteiger partial charge in [-0.15, -0.1) is 0 Å². The molecule has 1 aliphatic carbocycles. The van der Waals surface area contributed by atoms with Crippen LogP contribution in [-0.2, 0) is 4.79 Å². The van der Waals surface area contributed by atoms with Crippen LogP contribution in [0, 0.1) is 11.8 Å². The second-order valence-corrected chi connectivity index (χ2v) is 3.93. The van der Waals surface area contributed by atoms with E-state index in [0.717, 1.165) is 0 Å². The highest BCUT2D eigenvalue weighted by molar-refractivity contribution is 5.85. The highest BCUT2D eigenvalue weighted by Crippen LogP contribution is 2.46. The van der Waals surface area contributed by atoms with Gasteiger partial charge in [-0.1, -0.05) is 18.6 Å². The van der Waals surface area contributed by atoms with E-state index < -0.39 is 0 Å². The Morgan fingerprint density at radius 1 is 1.64 bits per heavy atom. The van der Waals surface area contributed by atoms with Crippen molar-refractivity contribution in [3.05, 3.63) is 11.6 Å². The maximum Gasteiger partial charge on any atom is 0.224 e. The van der Waals surface area contributed by atoms with Crippen LogP contribution in [-0.4, -0.2) is 11.4 Å². The summed E-state index contributed by atoms with van der Waals surface area (Å²) in [4.78, 5) is 11.2. The van der Waals surface area contributed by atoms with Gasteiger partial charge in [-0.3, -0.25) is 4.79 Å². The minimum Gasteiger partial charge on any atom is -0.347 e. The lowest BCUT2D eigenvalue weighted by molar-refractivity contribution is -0.122. The number of carbonyl (C=O) groups excluding carboxylic acids is 1. The monoisotopic (exact) mass is 151 g/mol. The third-order valence-corrected chi connectivity index (χ3v) is 2.97. The molecule has 1 aliphatic heterocycles. The van der Waals surface area contributed by atoms with Crippen LogP contribution in [0.4, 0.5) is 0 Å². The van der Waals surface area contributed by atoms with Crippen LogP contribution >= 0.6 is 0 Å². The first kappa shape index (κ1) is 6.89. The zero-order valence-corrected chi connectivity index (χ0v) is 7.14. The van der Waals surface area contributed by atoms with Crippen LogP contribution in [0.15, 0.2) is 11.6 Å². The van der Waals surface area contributed by atoms with E-state index >= 15 is 0 Å². The van der Waals surface area contributed by atoms with Crippen LogP contribution in [0.2, 0.25) is 0 Å². The molecule has 1 N–H and O–H groups in total. The molecule has 60 valence electrons. The number of rotatable bonds is 0. The van der Waals surface area contributed by atoms with Crippen LogP contribution in [0.25, 0.3) is 0 Å². The number of hydrogen-bond acceptors (Lipinski definition) is 1. The molecule has 0 saturated carbocycles. The van der Waals surface area contributed by atoms with E-state index in [-0.39, 0.29) is 17.4 Å². The Morgan fingerprint density at radius 2 is 2.27 bits per heavy atom. The zero-order chi connectivity index (χ0) is 8.22. The molecule has 0 unspecified atom stereocenters. The number of carbonyl (C=O) groups is 1. The van der Waals surface area contributed by atoms with E-state index in [2.05, 4.69) is 25.2 Å². The van der Waals surface area contributed by atoms with Gasteiger partial charge >= 0.3 is 0 Å². The van der Waals surface area contributed by atoms with E-state index in [1.807, 2.05) is 6.92 Å². The largest absolute Gasteiger partial charge is 0.347 e. The van der Waals surface area contributed by atoms with Crippen molar-refractivity contribution in [1.29, 1.82) is 0 Å². The molecule has 2 nitrogen and oxygen atoms in total. The van der Waals surface area contributed by atoms with E-state index in [1.165, 1.54) is 5.57 Å². The molecular formula is C9H13NO. The van der Waals surface area contributed by atoms with E-state index in [4.69, 9.17) is 0 Å². The Kier molecular flexibility index (Phi) is 1.05. The molecule has 3 atom stereocenters. The molecule has 0 aromatic heterocycles. The van der Waals surface area contributed by atoms with Gasteiger partial charge in [-0.05, 0) is 13.8 Å². The van der Waals surface area contributed by atoms with Gasteiger partial charge in [0.15, 0.2) is 0 Å². The molecule has 2 aliphatic rings. The van der Waals surface area contributed by atoms with Crippen LogP contribution < -0.4 is 5.32 Å². The summed E-state index contributed by atoms with van der Waals surface area (Å²) in [6, 6.07) is 0. The quantitative estimate of drug-likeness (QED) is 0.516. The molecule has 1 heterocycles. The maximum atomic E-state index is 11.2. The van der Waals surface area contributed by atoms with Crippen molar-refractivity contribution in [2.45, 2.75) is 26.3 Å². The van der Waals surface area contributed by atoms with Gasteiger partial charge in [0.05, 0.1) is 5.54 Å².